The van der Waals surface area contributed by atoms with Gasteiger partial charge in [0.25, 0.3) is 5.91 Å². The second-order valence-electron chi connectivity index (χ2n) is 6.17. The van der Waals surface area contributed by atoms with E-state index in [4.69, 9.17) is 6.42 Å². The Labute approximate surface area is 160 Å². The van der Waals surface area contributed by atoms with Crippen molar-refractivity contribution < 1.29 is 13.2 Å². The molecule has 1 aromatic carbocycles. The molecule has 0 bridgehead atoms. The van der Waals surface area contributed by atoms with Gasteiger partial charge in [-0.3, -0.25) is 9.48 Å². The second-order valence-corrected chi connectivity index (χ2v) is 9.19. The number of fused-ring (bicyclic) bond motifs is 1. The molecule has 2 heterocycles. The lowest BCUT2D eigenvalue weighted by Crippen LogP contribution is -2.19. The van der Waals surface area contributed by atoms with Gasteiger partial charge >= 0.3 is 0 Å². The Morgan fingerprint density at radius 1 is 1.33 bits per heavy atom. The van der Waals surface area contributed by atoms with Crippen LogP contribution in [0.2, 0.25) is 0 Å². The number of amides is 1. The van der Waals surface area contributed by atoms with E-state index in [0.29, 0.717) is 9.50 Å². The lowest BCUT2D eigenvalue weighted by Gasteiger charge is -2.02. The normalized spacial score (nSPS) is 12.4. The first-order valence-electron chi connectivity index (χ1n) is 8.04. The zero-order chi connectivity index (χ0) is 19.8. The summed E-state index contributed by atoms with van der Waals surface area (Å²) in [6.45, 7) is 3.98. The highest BCUT2D eigenvalue weighted by Crippen LogP contribution is 2.21. The standard InChI is InChI=1S/C18H18N4O3S2/c1-5-8-21-15-7-6-14(27(4,24)25)10-16(15)26-18(21)19-17(23)11-22-13(3)9-12(2)20-22/h1,6-7,9-10H,8,11H2,2-4H3. The maximum atomic E-state index is 12.4. The fraction of sp³-hybridized carbons (Fsp3) is 0.278. The van der Waals surface area contributed by atoms with Crippen LogP contribution in [0.5, 0.6) is 0 Å². The molecule has 2 aromatic heterocycles. The molecule has 0 spiro atoms. The molecule has 0 saturated carbocycles. The summed E-state index contributed by atoms with van der Waals surface area (Å²) in [5.41, 5.74) is 2.45. The van der Waals surface area contributed by atoms with Crippen LogP contribution < -0.4 is 4.80 Å². The third-order valence-electron chi connectivity index (χ3n) is 3.94. The number of aryl methyl sites for hydroxylation is 2. The largest absolute Gasteiger partial charge is 0.305 e. The number of terminal acetylenes is 1. The van der Waals surface area contributed by atoms with E-state index in [1.54, 1.807) is 21.4 Å². The van der Waals surface area contributed by atoms with Crippen molar-refractivity contribution >= 4 is 37.3 Å². The Kier molecular flexibility index (Phi) is 5.04. The van der Waals surface area contributed by atoms with Gasteiger partial charge in [0.2, 0.25) is 0 Å². The van der Waals surface area contributed by atoms with Crippen molar-refractivity contribution in [2.75, 3.05) is 6.26 Å². The first-order chi connectivity index (χ1) is 12.7. The molecule has 0 N–H and O–H groups in total. The van der Waals surface area contributed by atoms with Gasteiger partial charge in [0, 0.05) is 11.9 Å². The van der Waals surface area contributed by atoms with Crippen LogP contribution in [0.15, 0.2) is 34.2 Å². The van der Waals surface area contributed by atoms with E-state index in [2.05, 4.69) is 16.0 Å². The summed E-state index contributed by atoms with van der Waals surface area (Å²) in [4.78, 5) is 17.3. The zero-order valence-corrected chi connectivity index (χ0v) is 16.8. The molecule has 0 aliphatic heterocycles. The molecule has 0 fully saturated rings. The van der Waals surface area contributed by atoms with Crippen LogP contribution in [-0.4, -0.2) is 34.9 Å². The van der Waals surface area contributed by atoms with Gasteiger partial charge in [0.15, 0.2) is 14.6 Å². The molecule has 0 aliphatic carbocycles. The SMILES string of the molecule is C#CCn1c(=NC(=O)Cn2nc(C)cc2C)sc2cc(S(C)(=O)=O)ccc21. The molecule has 3 rings (SSSR count). The summed E-state index contributed by atoms with van der Waals surface area (Å²) in [5.74, 6) is 2.19. The number of carbonyl (C=O) groups excluding carboxylic acids is 1. The Balaban J connectivity index is 2.07. The summed E-state index contributed by atoms with van der Waals surface area (Å²) >= 11 is 1.23. The number of hydrogen-bond donors (Lipinski definition) is 0. The van der Waals surface area contributed by atoms with E-state index in [-0.39, 0.29) is 23.9 Å². The summed E-state index contributed by atoms with van der Waals surface area (Å²) in [5, 5.41) is 4.27. The lowest BCUT2D eigenvalue weighted by atomic mass is 10.3. The third-order valence-corrected chi connectivity index (χ3v) is 6.09. The fourth-order valence-corrected chi connectivity index (χ4v) is 4.53. The first kappa shape index (κ1) is 19.1. The topological polar surface area (TPSA) is 86.3 Å². The van der Waals surface area contributed by atoms with Crippen LogP contribution in [-0.2, 0) is 27.7 Å². The van der Waals surface area contributed by atoms with Gasteiger partial charge in [0.1, 0.15) is 6.54 Å². The third kappa shape index (κ3) is 4.02. The van der Waals surface area contributed by atoms with Crippen LogP contribution in [0, 0.1) is 26.2 Å². The van der Waals surface area contributed by atoms with E-state index in [9.17, 15) is 13.2 Å². The fourth-order valence-electron chi connectivity index (χ4n) is 2.72. The minimum Gasteiger partial charge on any atom is -0.305 e. The van der Waals surface area contributed by atoms with Gasteiger partial charge < -0.3 is 4.57 Å². The number of aromatic nitrogens is 3. The molecular weight excluding hydrogens is 384 g/mol. The molecular formula is C18H18N4O3S2. The van der Waals surface area contributed by atoms with Crippen molar-refractivity contribution in [1.29, 1.82) is 0 Å². The summed E-state index contributed by atoms with van der Waals surface area (Å²) in [7, 11) is -3.33. The van der Waals surface area contributed by atoms with Gasteiger partial charge in [-0.15, -0.1) is 6.42 Å². The van der Waals surface area contributed by atoms with E-state index in [0.717, 1.165) is 23.2 Å². The summed E-state index contributed by atoms with van der Waals surface area (Å²) in [6, 6.07) is 6.67. The average molecular weight is 403 g/mol. The van der Waals surface area contributed by atoms with Crippen molar-refractivity contribution in [3.05, 3.63) is 40.5 Å². The average Bonchev–Trinajstić information content (AvgIpc) is 3.06. The first-order valence-corrected chi connectivity index (χ1v) is 10.8. The van der Waals surface area contributed by atoms with Crippen molar-refractivity contribution in [3.63, 3.8) is 0 Å². The molecule has 0 radical (unpaired) electrons. The number of benzene rings is 1. The highest BCUT2D eigenvalue weighted by molar-refractivity contribution is 7.90. The number of nitrogens with zero attached hydrogens (tertiary/aromatic N) is 4. The summed E-state index contributed by atoms with van der Waals surface area (Å²) in [6.07, 6.45) is 6.61. The minimum absolute atomic E-state index is 0.0264. The lowest BCUT2D eigenvalue weighted by molar-refractivity contribution is -0.118. The molecule has 140 valence electrons. The smallest absolute Gasteiger partial charge is 0.270 e. The van der Waals surface area contributed by atoms with E-state index in [1.165, 1.54) is 17.4 Å². The van der Waals surface area contributed by atoms with Gasteiger partial charge in [-0.05, 0) is 38.1 Å². The molecule has 0 atom stereocenters. The van der Waals surface area contributed by atoms with Gasteiger partial charge in [-0.1, -0.05) is 17.3 Å². The maximum Gasteiger partial charge on any atom is 0.270 e. The van der Waals surface area contributed by atoms with E-state index < -0.39 is 9.84 Å². The Morgan fingerprint density at radius 2 is 2.07 bits per heavy atom. The molecule has 0 aliphatic rings. The molecule has 7 nitrogen and oxygen atoms in total. The van der Waals surface area contributed by atoms with Crippen LogP contribution in [0.3, 0.4) is 0 Å². The van der Waals surface area contributed by atoms with E-state index >= 15 is 0 Å². The van der Waals surface area contributed by atoms with Crippen molar-refractivity contribution in [2.24, 2.45) is 4.99 Å². The van der Waals surface area contributed by atoms with Crippen LogP contribution in [0.1, 0.15) is 11.4 Å². The van der Waals surface area contributed by atoms with Crippen molar-refractivity contribution in [1.82, 2.24) is 14.3 Å². The monoisotopic (exact) mass is 402 g/mol. The Morgan fingerprint density at radius 3 is 2.67 bits per heavy atom. The highest BCUT2D eigenvalue weighted by atomic mass is 32.2. The van der Waals surface area contributed by atoms with Gasteiger partial charge in [-0.2, -0.15) is 10.1 Å². The summed E-state index contributed by atoms with van der Waals surface area (Å²) < 4.78 is 27.6. The molecule has 0 unspecified atom stereocenters. The highest BCUT2D eigenvalue weighted by Gasteiger charge is 2.13. The van der Waals surface area contributed by atoms with Crippen LogP contribution in [0.25, 0.3) is 10.2 Å². The van der Waals surface area contributed by atoms with E-state index in [1.807, 2.05) is 19.9 Å². The number of rotatable bonds is 4. The van der Waals surface area contributed by atoms with Crippen molar-refractivity contribution in [3.8, 4) is 12.3 Å². The second kappa shape index (κ2) is 7.13. The van der Waals surface area contributed by atoms with Crippen molar-refractivity contribution in [2.45, 2.75) is 31.8 Å². The minimum atomic E-state index is -3.33. The molecule has 3 aromatic rings. The molecule has 1 amide bonds. The Hall–Kier alpha value is -2.70. The quantitative estimate of drug-likeness (QED) is 0.622. The van der Waals surface area contributed by atoms with Crippen LogP contribution >= 0.6 is 11.3 Å². The maximum absolute atomic E-state index is 12.4. The number of thiazole rings is 1. The predicted molar refractivity (Wildman–Crippen MR) is 104 cm³/mol. The number of carbonyl (C=O) groups is 1. The van der Waals surface area contributed by atoms with Crippen LogP contribution in [0.4, 0.5) is 0 Å². The predicted octanol–water partition coefficient (Wildman–Crippen LogP) is 1.68. The van der Waals surface area contributed by atoms with Gasteiger partial charge in [0.05, 0.1) is 27.4 Å². The van der Waals surface area contributed by atoms with Gasteiger partial charge in [-0.25, -0.2) is 8.42 Å². The Bertz CT molecular complexity index is 1250. The molecule has 27 heavy (non-hydrogen) atoms. The number of sulfone groups is 1. The number of hydrogen-bond acceptors (Lipinski definition) is 5. The molecule has 9 heteroatoms. The zero-order valence-electron chi connectivity index (χ0n) is 15.1. The molecule has 0 saturated heterocycles.